The van der Waals surface area contributed by atoms with Gasteiger partial charge in [0.25, 0.3) is 5.91 Å². The van der Waals surface area contributed by atoms with Crippen molar-refractivity contribution in [2.45, 2.75) is 24.8 Å². The highest BCUT2D eigenvalue weighted by atomic mass is 35.5. The molecule has 0 unspecified atom stereocenters. The Morgan fingerprint density at radius 1 is 0.900 bits per heavy atom. The fourth-order valence-corrected chi connectivity index (χ4v) is 5.90. The molecule has 7 nitrogen and oxygen atoms in total. The number of nitrogens with zero attached hydrogens (tertiary/aromatic N) is 5. The predicted octanol–water partition coefficient (Wildman–Crippen LogP) is 5.46. The molecule has 2 aliphatic heterocycles. The van der Waals surface area contributed by atoms with Gasteiger partial charge in [0.15, 0.2) is 23.1 Å². The van der Waals surface area contributed by atoms with E-state index in [0.29, 0.717) is 11.4 Å². The van der Waals surface area contributed by atoms with Gasteiger partial charge in [-0.15, -0.1) is 0 Å². The van der Waals surface area contributed by atoms with Crippen molar-refractivity contribution in [3.63, 3.8) is 0 Å². The molecule has 1 amide bonds. The van der Waals surface area contributed by atoms with Gasteiger partial charge in [-0.1, -0.05) is 11.6 Å². The number of Topliss-reactive ketones (excluding diaryl/α,β-unsaturated/α-hetero) is 1. The van der Waals surface area contributed by atoms with Crippen LogP contribution in [0.1, 0.15) is 29.8 Å². The Morgan fingerprint density at radius 2 is 1.55 bits per heavy atom. The summed E-state index contributed by atoms with van der Waals surface area (Å²) in [5.41, 5.74) is 0.761. The van der Waals surface area contributed by atoms with E-state index < -0.39 is 23.0 Å². The van der Waals surface area contributed by atoms with Crippen LogP contribution in [0.5, 0.6) is 0 Å². The first-order chi connectivity index (χ1) is 19.3. The van der Waals surface area contributed by atoms with E-state index in [9.17, 15) is 22.8 Å². The number of amides is 1. The minimum Gasteiger partial charge on any atom is -0.353 e. The molecule has 1 spiro atoms. The van der Waals surface area contributed by atoms with Crippen LogP contribution >= 0.6 is 11.6 Å². The normalized spacial score (nSPS) is 16.6. The molecule has 11 heteroatoms. The molecule has 2 saturated heterocycles. The van der Waals surface area contributed by atoms with Crippen LogP contribution in [0.2, 0.25) is 5.02 Å². The summed E-state index contributed by atoms with van der Waals surface area (Å²) in [6.07, 6.45) is 3.84. The highest BCUT2D eigenvalue weighted by Crippen LogP contribution is 2.42. The average Bonchev–Trinajstić information content (AvgIpc) is 3.52. The summed E-state index contributed by atoms with van der Waals surface area (Å²) in [5.74, 6) is -2.49. The predicted molar refractivity (Wildman–Crippen MR) is 143 cm³/mol. The maximum absolute atomic E-state index is 14.8. The van der Waals surface area contributed by atoms with E-state index in [0.717, 1.165) is 17.7 Å². The first kappa shape index (κ1) is 26.1. The number of carbonyl (C=O) groups is 2. The van der Waals surface area contributed by atoms with Crippen LogP contribution in [0.25, 0.3) is 16.9 Å². The summed E-state index contributed by atoms with van der Waals surface area (Å²) >= 11 is 5.81. The van der Waals surface area contributed by atoms with Crippen molar-refractivity contribution in [2.24, 2.45) is 0 Å². The minimum absolute atomic E-state index is 0.0649. The Bertz CT molecular complexity index is 1580. The van der Waals surface area contributed by atoms with Crippen LogP contribution in [0, 0.1) is 17.5 Å². The van der Waals surface area contributed by atoms with Crippen molar-refractivity contribution < 1.29 is 22.8 Å². The molecule has 0 atom stereocenters. The fraction of sp³-hybridized carbons (Fsp3) is 0.241. The number of anilines is 1. The SMILES string of the molecule is O=C(c1cc(-c2ccncc2)n(-c2ccc(F)cc2)n1)N1CCC2(CC1)C(=O)CCN2c1c(F)cc(Cl)cc1F. The van der Waals surface area contributed by atoms with Crippen molar-refractivity contribution >= 4 is 29.0 Å². The number of likely N-dealkylation sites (tertiary alicyclic amines) is 1. The standard InChI is InChI=1S/C29H23ClF3N5O2/c30-19-15-22(32)27(23(33)16-19)37-12-7-26(39)29(37)8-13-36(14-9-29)28(40)24-17-25(18-5-10-34-11-6-18)38(35-24)21-3-1-20(31)2-4-21/h1-6,10-11,15-17H,7-9,12-14H2. The van der Waals surface area contributed by atoms with E-state index in [1.54, 1.807) is 52.3 Å². The van der Waals surface area contributed by atoms with Gasteiger partial charge in [0, 0.05) is 49.0 Å². The molecule has 2 fully saturated rings. The van der Waals surface area contributed by atoms with E-state index >= 15 is 0 Å². The van der Waals surface area contributed by atoms with Crippen molar-refractivity contribution in [1.82, 2.24) is 19.7 Å². The quantitative estimate of drug-likeness (QED) is 0.329. The second-order valence-electron chi connectivity index (χ2n) is 9.91. The number of piperidine rings is 1. The third kappa shape index (κ3) is 4.42. The van der Waals surface area contributed by atoms with Crippen LogP contribution in [0.15, 0.2) is 67.0 Å². The number of benzene rings is 2. The largest absolute Gasteiger partial charge is 0.353 e. The van der Waals surface area contributed by atoms with Crippen LogP contribution in [0.3, 0.4) is 0 Å². The van der Waals surface area contributed by atoms with Crippen LogP contribution in [-0.4, -0.2) is 56.5 Å². The molecule has 6 rings (SSSR count). The van der Waals surface area contributed by atoms with E-state index in [4.69, 9.17) is 11.6 Å². The van der Waals surface area contributed by atoms with Gasteiger partial charge in [-0.2, -0.15) is 5.10 Å². The Labute approximate surface area is 232 Å². The molecular weight excluding hydrogens is 543 g/mol. The molecule has 0 bridgehead atoms. The lowest BCUT2D eigenvalue weighted by Gasteiger charge is -2.44. The smallest absolute Gasteiger partial charge is 0.274 e. The lowest BCUT2D eigenvalue weighted by atomic mass is 9.83. The van der Waals surface area contributed by atoms with Gasteiger partial charge in [0.1, 0.15) is 17.0 Å². The van der Waals surface area contributed by atoms with Crippen molar-refractivity contribution in [2.75, 3.05) is 24.5 Å². The molecule has 0 radical (unpaired) electrons. The van der Waals surface area contributed by atoms with Crippen LogP contribution < -0.4 is 4.90 Å². The van der Waals surface area contributed by atoms with Gasteiger partial charge < -0.3 is 9.80 Å². The van der Waals surface area contributed by atoms with Crippen molar-refractivity contribution in [3.8, 4) is 16.9 Å². The second kappa shape index (κ2) is 10.1. The number of rotatable bonds is 4. The molecule has 2 aromatic heterocycles. The van der Waals surface area contributed by atoms with E-state index in [1.807, 2.05) is 0 Å². The Balaban J connectivity index is 1.28. The minimum atomic E-state index is -1.11. The van der Waals surface area contributed by atoms with Gasteiger partial charge in [-0.05, 0) is 67.4 Å². The number of aromatic nitrogens is 3. The summed E-state index contributed by atoms with van der Waals surface area (Å²) in [4.78, 5) is 33.8. The number of carbonyl (C=O) groups excluding carboxylic acids is 2. The van der Waals surface area contributed by atoms with Gasteiger partial charge >= 0.3 is 0 Å². The molecule has 2 aliphatic rings. The number of ketones is 1. The third-order valence-electron chi connectivity index (χ3n) is 7.70. The fourth-order valence-electron chi connectivity index (χ4n) is 5.71. The lowest BCUT2D eigenvalue weighted by molar-refractivity contribution is -0.123. The zero-order chi connectivity index (χ0) is 28.0. The summed E-state index contributed by atoms with van der Waals surface area (Å²) in [6.45, 7) is 0.581. The number of hydrogen-bond donors (Lipinski definition) is 0. The lowest BCUT2D eigenvalue weighted by Crippen LogP contribution is -2.57. The van der Waals surface area contributed by atoms with E-state index in [2.05, 4.69) is 10.1 Å². The summed E-state index contributed by atoms with van der Waals surface area (Å²) in [5, 5.41) is 4.49. The number of hydrogen-bond acceptors (Lipinski definition) is 5. The van der Waals surface area contributed by atoms with E-state index in [-0.39, 0.29) is 67.0 Å². The zero-order valence-electron chi connectivity index (χ0n) is 21.2. The number of halogens is 4. The third-order valence-corrected chi connectivity index (χ3v) is 7.92. The Hall–Kier alpha value is -4.18. The van der Waals surface area contributed by atoms with Crippen molar-refractivity contribution in [3.05, 3.63) is 95.2 Å². The summed E-state index contributed by atoms with van der Waals surface area (Å²) in [6, 6.07) is 13.1. The Kier molecular flexibility index (Phi) is 6.58. The zero-order valence-corrected chi connectivity index (χ0v) is 21.9. The van der Waals surface area contributed by atoms with E-state index in [1.165, 1.54) is 17.0 Å². The average molecular weight is 566 g/mol. The topological polar surface area (TPSA) is 71.3 Å². The summed E-state index contributed by atoms with van der Waals surface area (Å²) < 4.78 is 44.8. The highest BCUT2D eigenvalue weighted by molar-refractivity contribution is 6.30. The first-order valence-electron chi connectivity index (χ1n) is 12.8. The first-order valence-corrected chi connectivity index (χ1v) is 13.2. The molecular formula is C29H23ClF3N5O2. The van der Waals surface area contributed by atoms with Gasteiger partial charge in [0.05, 0.1) is 11.4 Å². The second-order valence-corrected chi connectivity index (χ2v) is 10.3. The molecule has 4 heterocycles. The molecule has 0 saturated carbocycles. The molecule has 204 valence electrons. The van der Waals surface area contributed by atoms with Crippen LogP contribution in [0.4, 0.5) is 18.9 Å². The number of pyridine rings is 1. The van der Waals surface area contributed by atoms with Crippen molar-refractivity contribution in [1.29, 1.82) is 0 Å². The van der Waals surface area contributed by atoms with Gasteiger partial charge in [0.2, 0.25) is 0 Å². The monoisotopic (exact) mass is 565 g/mol. The molecule has 0 aliphatic carbocycles. The summed E-state index contributed by atoms with van der Waals surface area (Å²) in [7, 11) is 0. The maximum Gasteiger partial charge on any atom is 0.274 e. The molecule has 40 heavy (non-hydrogen) atoms. The van der Waals surface area contributed by atoms with Gasteiger partial charge in [-0.25, -0.2) is 17.9 Å². The van der Waals surface area contributed by atoms with Crippen LogP contribution in [-0.2, 0) is 4.79 Å². The molecule has 4 aromatic rings. The maximum atomic E-state index is 14.8. The Morgan fingerprint density at radius 3 is 2.20 bits per heavy atom. The van der Waals surface area contributed by atoms with Gasteiger partial charge in [-0.3, -0.25) is 14.6 Å². The molecule has 0 N–H and O–H groups in total. The highest BCUT2D eigenvalue weighted by Gasteiger charge is 2.51. The molecule has 2 aromatic carbocycles.